The molecule has 10 rings (SSSR count). The summed E-state index contributed by atoms with van der Waals surface area (Å²) in [5.41, 5.74) is 10.5. The van der Waals surface area contributed by atoms with Crippen molar-refractivity contribution < 1.29 is 4.42 Å². The number of para-hydroxylation sites is 1. The molecule has 0 bridgehead atoms. The van der Waals surface area contributed by atoms with Crippen molar-refractivity contribution in [2.24, 2.45) is 0 Å². The minimum absolute atomic E-state index is 0.865. The molecule has 0 aliphatic heterocycles. The molecule has 10 aromatic rings. The quantitative estimate of drug-likeness (QED) is 0.188. The van der Waals surface area contributed by atoms with Gasteiger partial charge in [0.25, 0.3) is 0 Å². The minimum Gasteiger partial charge on any atom is -0.456 e. The Morgan fingerprint density at radius 3 is 1.52 bits per heavy atom. The summed E-state index contributed by atoms with van der Waals surface area (Å²) in [4.78, 5) is 7.28. The fourth-order valence-corrected chi connectivity index (χ4v) is 7.25. The molecule has 234 valence electrons. The van der Waals surface area contributed by atoms with Crippen LogP contribution < -0.4 is 4.90 Å². The van der Waals surface area contributed by atoms with Crippen LogP contribution in [0.4, 0.5) is 17.1 Å². The van der Waals surface area contributed by atoms with Crippen molar-refractivity contribution in [2.75, 3.05) is 4.90 Å². The van der Waals surface area contributed by atoms with Gasteiger partial charge in [0.05, 0.1) is 17.4 Å². The Labute approximate surface area is 289 Å². The maximum atomic E-state index is 6.25. The van der Waals surface area contributed by atoms with Gasteiger partial charge < -0.3 is 9.32 Å². The third-order valence-electron chi connectivity index (χ3n) is 9.84. The summed E-state index contributed by atoms with van der Waals surface area (Å²) < 4.78 is 6.25. The van der Waals surface area contributed by atoms with E-state index in [1.165, 1.54) is 43.8 Å². The second kappa shape index (κ2) is 11.5. The van der Waals surface area contributed by atoms with Gasteiger partial charge in [-0.25, -0.2) is 0 Å². The van der Waals surface area contributed by atoms with Crippen LogP contribution in [0, 0.1) is 0 Å². The summed E-state index contributed by atoms with van der Waals surface area (Å²) in [5.74, 6) is 0. The van der Waals surface area contributed by atoms with Gasteiger partial charge in [0.15, 0.2) is 0 Å². The standard InChI is InChI=1S/C47H30N2O/c1-3-9-35-25-37(15-13-31(35)7-1)33-17-21-40(22-18-33)49(41-23-19-34(20-24-41)38-16-14-32-8-2-4-10-36(32)26-38)42-27-39-28-47-44(29-45(39)48-30-42)43-11-5-6-12-46(43)50-47/h1-30H. The van der Waals surface area contributed by atoms with Crippen molar-refractivity contribution in [3.05, 3.63) is 182 Å². The molecule has 3 nitrogen and oxygen atoms in total. The van der Waals surface area contributed by atoms with E-state index in [0.717, 1.165) is 49.9 Å². The fourth-order valence-electron chi connectivity index (χ4n) is 7.25. The molecule has 0 atom stereocenters. The van der Waals surface area contributed by atoms with Crippen LogP contribution >= 0.6 is 0 Å². The van der Waals surface area contributed by atoms with E-state index >= 15 is 0 Å². The van der Waals surface area contributed by atoms with Crippen LogP contribution in [0.3, 0.4) is 0 Å². The Morgan fingerprint density at radius 2 is 0.900 bits per heavy atom. The molecular weight excluding hydrogens is 609 g/mol. The molecule has 0 aliphatic carbocycles. The Bertz CT molecular complexity index is 2750. The predicted octanol–water partition coefficient (Wildman–Crippen LogP) is 13.2. The number of aromatic nitrogens is 1. The second-order valence-corrected chi connectivity index (χ2v) is 12.9. The lowest BCUT2D eigenvalue weighted by molar-refractivity contribution is 0.669. The Kier molecular flexibility index (Phi) is 6.49. The molecule has 3 heteroatoms. The largest absolute Gasteiger partial charge is 0.456 e. The van der Waals surface area contributed by atoms with Gasteiger partial charge in [-0.3, -0.25) is 4.98 Å². The molecular formula is C47H30N2O. The molecule has 0 spiro atoms. The van der Waals surface area contributed by atoms with E-state index in [2.05, 4.69) is 163 Å². The number of hydrogen-bond acceptors (Lipinski definition) is 3. The number of fused-ring (bicyclic) bond motifs is 6. The summed E-state index contributed by atoms with van der Waals surface area (Å²) in [6, 6.07) is 62.6. The molecule has 0 saturated carbocycles. The lowest BCUT2D eigenvalue weighted by Gasteiger charge is -2.26. The van der Waals surface area contributed by atoms with Crippen LogP contribution in [-0.4, -0.2) is 4.98 Å². The number of furan rings is 1. The molecule has 0 N–H and O–H groups in total. The highest BCUT2D eigenvalue weighted by Crippen LogP contribution is 2.39. The van der Waals surface area contributed by atoms with Gasteiger partial charge in [-0.15, -0.1) is 0 Å². The lowest BCUT2D eigenvalue weighted by atomic mass is 10.00. The van der Waals surface area contributed by atoms with Gasteiger partial charge >= 0.3 is 0 Å². The molecule has 0 amide bonds. The summed E-state index contributed by atoms with van der Waals surface area (Å²) in [5, 5.41) is 8.18. The zero-order chi connectivity index (χ0) is 33.0. The normalized spacial score (nSPS) is 11.6. The average Bonchev–Trinajstić information content (AvgIpc) is 3.54. The van der Waals surface area contributed by atoms with E-state index < -0.39 is 0 Å². The summed E-state index contributed by atoms with van der Waals surface area (Å²) in [6.07, 6.45) is 1.98. The maximum Gasteiger partial charge on any atom is 0.136 e. The number of anilines is 3. The first-order valence-corrected chi connectivity index (χ1v) is 16.9. The smallest absolute Gasteiger partial charge is 0.136 e. The van der Waals surface area contributed by atoms with Gasteiger partial charge in [-0.2, -0.15) is 0 Å². The molecule has 8 aromatic carbocycles. The van der Waals surface area contributed by atoms with E-state index in [-0.39, 0.29) is 0 Å². The van der Waals surface area contributed by atoms with Crippen molar-refractivity contribution in [2.45, 2.75) is 0 Å². The molecule has 0 fully saturated rings. The number of rotatable bonds is 5. The average molecular weight is 639 g/mol. The highest BCUT2D eigenvalue weighted by Gasteiger charge is 2.16. The maximum absolute atomic E-state index is 6.25. The van der Waals surface area contributed by atoms with Crippen LogP contribution in [0.1, 0.15) is 0 Å². The summed E-state index contributed by atoms with van der Waals surface area (Å²) in [7, 11) is 0. The summed E-state index contributed by atoms with van der Waals surface area (Å²) in [6.45, 7) is 0. The highest BCUT2D eigenvalue weighted by molar-refractivity contribution is 6.09. The Balaban J connectivity index is 1.08. The number of hydrogen-bond donors (Lipinski definition) is 0. The first-order chi connectivity index (χ1) is 24.7. The van der Waals surface area contributed by atoms with Crippen molar-refractivity contribution in [1.29, 1.82) is 0 Å². The minimum atomic E-state index is 0.865. The number of pyridine rings is 1. The molecule has 0 saturated heterocycles. The van der Waals surface area contributed by atoms with Crippen molar-refractivity contribution >= 4 is 71.4 Å². The number of nitrogens with zero attached hydrogens (tertiary/aromatic N) is 2. The van der Waals surface area contributed by atoms with E-state index in [4.69, 9.17) is 9.40 Å². The van der Waals surface area contributed by atoms with Crippen molar-refractivity contribution in [3.63, 3.8) is 0 Å². The van der Waals surface area contributed by atoms with Gasteiger partial charge in [-0.1, -0.05) is 115 Å². The second-order valence-electron chi connectivity index (χ2n) is 12.9. The molecule has 0 radical (unpaired) electrons. The lowest BCUT2D eigenvalue weighted by Crippen LogP contribution is -2.10. The van der Waals surface area contributed by atoms with Gasteiger partial charge in [0.1, 0.15) is 11.2 Å². The van der Waals surface area contributed by atoms with E-state index in [9.17, 15) is 0 Å². The Hall–Kier alpha value is -6.71. The molecule has 50 heavy (non-hydrogen) atoms. The van der Waals surface area contributed by atoms with Crippen LogP contribution in [-0.2, 0) is 0 Å². The van der Waals surface area contributed by atoms with Crippen LogP contribution in [0.2, 0.25) is 0 Å². The number of benzene rings is 8. The van der Waals surface area contributed by atoms with Crippen LogP contribution in [0.25, 0.3) is 76.6 Å². The fraction of sp³-hybridized carbons (Fsp3) is 0. The first-order valence-electron chi connectivity index (χ1n) is 16.9. The zero-order valence-corrected chi connectivity index (χ0v) is 27.1. The molecule has 2 heterocycles. The Morgan fingerprint density at radius 1 is 0.360 bits per heavy atom. The molecule has 2 aromatic heterocycles. The van der Waals surface area contributed by atoms with Gasteiger partial charge in [0, 0.05) is 27.5 Å². The van der Waals surface area contributed by atoms with Gasteiger partial charge in [0.2, 0.25) is 0 Å². The zero-order valence-electron chi connectivity index (χ0n) is 27.1. The summed E-state index contributed by atoms with van der Waals surface area (Å²) >= 11 is 0. The highest BCUT2D eigenvalue weighted by atomic mass is 16.3. The van der Waals surface area contributed by atoms with Crippen LogP contribution in [0.5, 0.6) is 0 Å². The topological polar surface area (TPSA) is 29.3 Å². The predicted molar refractivity (Wildman–Crippen MR) is 210 cm³/mol. The van der Waals surface area contributed by atoms with Crippen molar-refractivity contribution in [3.8, 4) is 22.3 Å². The molecule has 0 aliphatic rings. The van der Waals surface area contributed by atoms with Crippen LogP contribution in [0.15, 0.2) is 187 Å². The van der Waals surface area contributed by atoms with E-state index in [1.54, 1.807) is 0 Å². The molecule has 0 unspecified atom stereocenters. The third-order valence-corrected chi connectivity index (χ3v) is 9.84. The van der Waals surface area contributed by atoms with Crippen molar-refractivity contribution in [1.82, 2.24) is 4.98 Å². The van der Waals surface area contributed by atoms with E-state index in [0.29, 0.717) is 0 Å². The monoisotopic (exact) mass is 638 g/mol. The van der Waals surface area contributed by atoms with Gasteiger partial charge in [-0.05, 0) is 104 Å². The first kappa shape index (κ1) is 28.3. The van der Waals surface area contributed by atoms with E-state index in [1.807, 2.05) is 24.4 Å². The third kappa shape index (κ3) is 4.87. The SMILES string of the molecule is c1ccc2cc(-c3ccc(N(c4ccc(-c5ccc6ccccc6c5)cc4)c4cnc5cc6c(cc5c4)oc4ccccc46)cc3)ccc2c1.